The van der Waals surface area contributed by atoms with Gasteiger partial charge in [-0.25, -0.2) is 14.5 Å². The lowest BCUT2D eigenvalue weighted by Crippen LogP contribution is -2.18. The Hall–Kier alpha value is -2.95. The highest BCUT2D eigenvalue weighted by molar-refractivity contribution is 5.79. The minimum atomic E-state index is -0.165. The standard InChI is InChI=1S/C16H12N4O/c1-10-6-8-11(9-7-10)14-15(21)20-13-5-3-2-4-12(13)17-16(20)19-18-14/h2-9H,1H3,(H,17,19). The van der Waals surface area contributed by atoms with Crippen molar-refractivity contribution < 1.29 is 0 Å². The van der Waals surface area contributed by atoms with Gasteiger partial charge in [-0.3, -0.25) is 4.79 Å². The Morgan fingerprint density at radius 1 is 1.05 bits per heavy atom. The first-order valence-corrected chi connectivity index (χ1v) is 6.67. The molecule has 5 heteroatoms. The summed E-state index contributed by atoms with van der Waals surface area (Å²) < 4.78 is 1.57. The number of aromatic nitrogens is 4. The molecule has 2 aromatic carbocycles. The zero-order chi connectivity index (χ0) is 14.4. The monoisotopic (exact) mass is 276 g/mol. The second-order valence-corrected chi connectivity index (χ2v) is 5.00. The van der Waals surface area contributed by atoms with Crippen LogP contribution in [-0.4, -0.2) is 19.6 Å². The summed E-state index contributed by atoms with van der Waals surface area (Å²) in [5.74, 6) is 0.456. The summed E-state index contributed by atoms with van der Waals surface area (Å²) in [5.41, 5.74) is 3.72. The zero-order valence-corrected chi connectivity index (χ0v) is 11.4. The third-order valence-electron chi connectivity index (χ3n) is 3.56. The van der Waals surface area contributed by atoms with E-state index in [1.165, 1.54) is 0 Å². The first kappa shape index (κ1) is 11.8. The van der Waals surface area contributed by atoms with E-state index in [1.54, 1.807) is 4.40 Å². The lowest BCUT2D eigenvalue weighted by Gasteiger charge is -2.01. The van der Waals surface area contributed by atoms with Gasteiger partial charge < -0.3 is 0 Å². The van der Waals surface area contributed by atoms with Crippen LogP contribution < -0.4 is 5.56 Å². The molecular weight excluding hydrogens is 264 g/mol. The maximum Gasteiger partial charge on any atom is 0.286 e. The number of nitrogens with zero attached hydrogens (tertiary/aromatic N) is 3. The van der Waals surface area contributed by atoms with Crippen molar-refractivity contribution >= 4 is 16.8 Å². The van der Waals surface area contributed by atoms with Gasteiger partial charge in [-0.2, -0.15) is 5.10 Å². The quantitative estimate of drug-likeness (QED) is 0.581. The highest BCUT2D eigenvalue weighted by Crippen LogP contribution is 2.16. The smallest absolute Gasteiger partial charge is 0.266 e. The summed E-state index contributed by atoms with van der Waals surface area (Å²) in [7, 11) is 0. The molecule has 0 fully saturated rings. The second-order valence-electron chi connectivity index (χ2n) is 5.00. The number of fused-ring (bicyclic) bond motifs is 3. The molecule has 0 radical (unpaired) electrons. The van der Waals surface area contributed by atoms with E-state index >= 15 is 0 Å². The minimum absolute atomic E-state index is 0.165. The van der Waals surface area contributed by atoms with Crippen LogP contribution in [0.3, 0.4) is 0 Å². The van der Waals surface area contributed by atoms with Gasteiger partial charge in [0.2, 0.25) is 5.78 Å². The van der Waals surface area contributed by atoms with E-state index in [0.29, 0.717) is 11.5 Å². The number of aryl methyl sites for hydroxylation is 1. The van der Waals surface area contributed by atoms with E-state index in [-0.39, 0.29) is 5.56 Å². The summed E-state index contributed by atoms with van der Waals surface area (Å²) in [6.07, 6.45) is 0. The summed E-state index contributed by atoms with van der Waals surface area (Å²) >= 11 is 0. The van der Waals surface area contributed by atoms with Crippen LogP contribution in [0, 0.1) is 6.92 Å². The molecule has 102 valence electrons. The van der Waals surface area contributed by atoms with Gasteiger partial charge in [-0.1, -0.05) is 42.0 Å². The van der Waals surface area contributed by atoms with Crippen molar-refractivity contribution in [1.82, 2.24) is 19.6 Å². The molecule has 0 aliphatic rings. The first-order chi connectivity index (χ1) is 10.2. The summed E-state index contributed by atoms with van der Waals surface area (Å²) in [6, 6.07) is 15.3. The van der Waals surface area contributed by atoms with E-state index in [1.807, 2.05) is 55.5 Å². The van der Waals surface area contributed by atoms with Crippen molar-refractivity contribution in [2.75, 3.05) is 0 Å². The molecule has 0 spiro atoms. The molecule has 0 saturated carbocycles. The van der Waals surface area contributed by atoms with Gasteiger partial charge in [-0.05, 0) is 19.1 Å². The van der Waals surface area contributed by atoms with Gasteiger partial charge in [-0.15, -0.1) is 0 Å². The second kappa shape index (κ2) is 4.28. The van der Waals surface area contributed by atoms with E-state index in [2.05, 4.69) is 15.2 Å². The minimum Gasteiger partial charge on any atom is -0.266 e. The summed E-state index contributed by atoms with van der Waals surface area (Å²) in [6.45, 7) is 2.01. The molecule has 1 N–H and O–H groups in total. The van der Waals surface area contributed by atoms with E-state index in [9.17, 15) is 4.79 Å². The Balaban J connectivity index is 2.08. The van der Waals surface area contributed by atoms with Gasteiger partial charge in [0.05, 0.1) is 11.0 Å². The number of H-pyrrole nitrogens is 1. The van der Waals surface area contributed by atoms with Crippen LogP contribution in [0.25, 0.3) is 28.1 Å². The topological polar surface area (TPSA) is 63.1 Å². The molecule has 0 aliphatic carbocycles. The van der Waals surface area contributed by atoms with Crippen molar-refractivity contribution in [2.24, 2.45) is 0 Å². The number of para-hydroxylation sites is 2. The number of hydrogen-bond donors (Lipinski definition) is 1. The lowest BCUT2D eigenvalue weighted by atomic mass is 10.1. The maximum absolute atomic E-state index is 12.7. The van der Waals surface area contributed by atoms with E-state index < -0.39 is 0 Å². The largest absolute Gasteiger partial charge is 0.286 e. The number of imidazole rings is 1. The van der Waals surface area contributed by atoms with Crippen LogP contribution in [0.5, 0.6) is 0 Å². The number of benzene rings is 2. The van der Waals surface area contributed by atoms with E-state index in [4.69, 9.17) is 0 Å². The Labute approximate surface area is 119 Å². The molecule has 0 saturated heterocycles. The van der Waals surface area contributed by atoms with Crippen molar-refractivity contribution in [3.05, 3.63) is 64.4 Å². The van der Waals surface area contributed by atoms with Crippen LogP contribution >= 0.6 is 0 Å². The highest BCUT2D eigenvalue weighted by Gasteiger charge is 2.12. The van der Waals surface area contributed by atoms with Crippen LogP contribution in [0.15, 0.2) is 53.3 Å². The molecule has 4 aromatic rings. The summed E-state index contributed by atoms with van der Waals surface area (Å²) in [5, 5.41) is 7.05. The number of hydrogen-bond acceptors (Lipinski definition) is 3. The van der Waals surface area contributed by atoms with Gasteiger partial charge >= 0.3 is 0 Å². The predicted molar refractivity (Wildman–Crippen MR) is 81.3 cm³/mol. The van der Waals surface area contributed by atoms with Crippen LogP contribution in [0.4, 0.5) is 0 Å². The highest BCUT2D eigenvalue weighted by atomic mass is 16.1. The Morgan fingerprint density at radius 2 is 1.81 bits per heavy atom. The predicted octanol–water partition coefficient (Wildman–Crippen LogP) is 2.55. The van der Waals surface area contributed by atoms with Crippen LogP contribution in [-0.2, 0) is 0 Å². The van der Waals surface area contributed by atoms with Crippen molar-refractivity contribution in [3.8, 4) is 11.3 Å². The van der Waals surface area contributed by atoms with Gasteiger partial charge in [0.1, 0.15) is 0 Å². The molecule has 5 nitrogen and oxygen atoms in total. The Morgan fingerprint density at radius 3 is 2.62 bits per heavy atom. The fraction of sp³-hybridized carbons (Fsp3) is 0.0625. The van der Waals surface area contributed by atoms with Crippen molar-refractivity contribution in [2.45, 2.75) is 6.92 Å². The lowest BCUT2D eigenvalue weighted by molar-refractivity contribution is 0.953. The Kier molecular flexibility index (Phi) is 2.41. The average Bonchev–Trinajstić information content (AvgIpc) is 2.88. The van der Waals surface area contributed by atoms with Gasteiger partial charge in [0.15, 0.2) is 5.69 Å². The molecule has 0 unspecified atom stereocenters. The molecule has 0 bridgehead atoms. The Bertz CT molecular complexity index is 1010. The molecule has 0 amide bonds. The van der Waals surface area contributed by atoms with Crippen LogP contribution in [0.1, 0.15) is 5.56 Å². The number of rotatable bonds is 1. The number of nitrogens with one attached hydrogen (secondary N) is 1. The molecule has 0 aliphatic heterocycles. The summed E-state index contributed by atoms with van der Waals surface area (Å²) in [4.78, 5) is 17.1. The molecule has 0 atom stereocenters. The van der Waals surface area contributed by atoms with E-state index in [0.717, 1.165) is 22.2 Å². The first-order valence-electron chi connectivity index (χ1n) is 6.67. The normalized spacial score (nSPS) is 11.3. The molecule has 21 heavy (non-hydrogen) atoms. The van der Waals surface area contributed by atoms with Gasteiger partial charge in [0.25, 0.3) is 5.56 Å². The third kappa shape index (κ3) is 1.74. The zero-order valence-electron chi connectivity index (χ0n) is 11.4. The van der Waals surface area contributed by atoms with Crippen molar-refractivity contribution in [3.63, 3.8) is 0 Å². The maximum atomic E-state index is 12.7. The van der Waals surface area contributed by atoms with Gasteiger partial charge in [0, 0.05) is 5.56 Å². The third-order valence-corrected chi connectivity index (χ3v) is 3.56. The van der Waals surface area contributed by atoms with Crippen LogP contribution in [0.2, 0.25) is 0 Å². The number of aromatic amines is 1. The SMILES string of the molecule is Cc1ccc(-c2n[nH]c3nc4ccccc4n3c2=O)cc1. The molecular formula is C16H12N4O. The molecule has 4 rings (SSSR count). The fourth-order valence-corrected chi connectivity index (χ4v) is 2.47. The van der Waals surface area contributed by atoms with Crippen molar-refractivity contribution in [1.29, 1.82) is 0 Å². The fourth-order valence-electron chi connectivity index (χ4n) is 2.47. The average molecular weight is 276 g/mol. The molecule has 2 heterocycles. The molecule has 2 aromatic heterocycles.